The van der Waals surface area contributed by atoms with Crippen LogP contribution in [-0.2, 0) is 23.2 Å². The van der Waals surface area contributed by atoms with Crippen molar-refractivity contribution in [2.24, 2.45) is 0 Å². The summed E-state index contributed by atoms with van der Waals surface area (Å²) in [5.41, 5.74) is 1.34. The van der Waals surface area contributed by atoms with Gasteiger partial charge < -0.3 is 4.74 Å². The molecule has 1 heterocycles. The molecule has 0 N–H and O–H groups in total. The second kappa shape index (κ2) is 7.07. The van der Waals surface area contributed by atoms with Gasteiger partial charge in [-0.2, -0.15) is 13.2 Å². The van der Waals surface area contributed by atoms with Crippen LogP contribution >= 0.6 is 11.6 Å². The minimum Gasteiger partial charge on any atom is -0.384 e. The van der Waals surface area contributed by atoms with Gasteiger partial charge in [-0.3, -0.25) is 0 Å². The zero-order valence-corrected chi connectivity index (χ0v) is 12.6. The molecule has 0 aliphatic carbocycles. The highest BCUT2D eigenvalue weighted by molar-refractivity contribution is 6.17. The number of rotatable bonds is 5. The monoisotopic (exact) mass is 330 g/mol. The third-order valence-corrected chi connectivity index (χ3v) is 3.40. The van der Waals surface area contributed by atoms with E-state index in [0.717, 1.165) is 23.4 Å². The van der Waals surface area contributed by atoms with Crippen LogP contribution in [0.4, 0.5) is 13.2 Å². The highest BCUT2D eigenvalue weighted by Crippen LogP contribution is 2.30. The van der Waals surface area contributed by atoms with Crippen LogP contribution in [0.15, 0.2) is 30.5 Å². The molecule has 0 fully saturated rings. The second-order valence-electron chi connectivity index (χ2n) is 4.62. The van der Waals surface area contributed by atoms with Crippen molar-refractivity contribution in [1.29, 1.82) is 0 Å². The standard InChI is InChI=1S/C15H14ClF3N2O/c1-22-7-6-13-11(8-16)9-20-14(21-13)10-2-4-12(5-3-10)15(17,18)19/h2-5,9H,6-8H2,1H3. The molecule has 0 saturated carbocycles. The number of methoxy groups -OCH3 is 1. The number of benzene rings is 1. The molecule has 0 unspecified atom stereocenters. The molecule has 1 aromatic carbocycles. The molecule has 0 amide bonds. The second-order valence-corrected chi connectivity index (χ2v) is 4.88. The lowest BCUT2D eigenvalue weighted by molar-refractivity contribution is -0.137. The van der Waals surface area contributed by atoms with E-state index in [2.05, 4.69) is 9.97 Å². The quantitative estimate of drug-likeness (QED) is 0.774. The molecule has 7 heteroatoms. The summed E-state index contributed by atoms with van der Waals surface area (Å²) >= 11 is 5.83. The summed E-state index contributed by atoms with van der Waals surface area (Å²) in [4.78, 5) is 8.55. The molecule has 0 aliphatic rings. The lowest BCUT2D eigenvalue weighted by Gasteiger charge is -2.10. The summed E-state index contributed by atoms with van der Waals surface area (Å²) in [6, 6.07) is 4.75. The van der Waals surface area contributed by atoms with E-state index >= 15 is 0 Å². The van der Waals surface area contributed by atoms with E-state index in [1.165, 1.54) is 12.1 Å². The van der Waals surface area contributed by atoms with Crippen molar-refractivity contribution >= 4 is 11.6 Å². The molecular formula is C15H14ClF3N2O. The first-order chi connectivity index (χ1) is 10.5. The Bertz CT molecular complexity index is 630. The van der Waals surface area contributed by atoms with E-state index in [-0.39, 0.29) is 5.88 Å². The Morgan fingerprint density at radius 3 is 2.41 bits per heavy atom. The highest BCUT2D eigenvalue weighted by Gasteiger charge is 2.30. The molecule has 0 radical (unpaired) electrons. The van der Waals surface area contributed by atoms with Crippen LogP contribution in [0.25, 0.3) is 11.4 Å². The summed E-state index contributed by atoms with van der Waals surface area (Å²) < 4.78 is 42.7. The number of nitrogens with zero attached hydrogens (tertiary/aromatic N) is 2. The molecule has 118 valence electrons. The molecule has 0 spiro atoms. The van der Waals surface area contributed by atoms with Crippen molar-refractivity contribution in [1.82, 2.24) is 9.97 Å². The van der Waals surface area contributed by atoms with Crippen molar-refractivity contribution in [3.05, 3.63) is 47.3 Å². The number of alkyl halides is 4. The maximum atomic E-state index is 12.6. The lowest BCUT2D eigenvalue weighted by Crippen LogP contribution is -2.06. The van der Waals surface area contributed by atoms with Crippen LogP contribution in [0.3, 0.4) is 0 Å². The summed E-state index contributed by atoms with van der Waals surface area (Å²) in [5, 5.41) is 0. The van der Waals surface area contributed by atoms with Crippen LogP contribution in [0.5, 0.6) is 0 Å². The summed E-state index contributed by atoms with van der Waals surface area (Å²) in [6.45, 7) is 0.480. The topological polar surface area (TPSA) is 35.0 Å². The molecule has 22 heavy (non-hydrogen) atoms. The first kappa shape index (κ1) is 16.7. The number of aromatic nitrogens is 2. The van der Waals surface area contributed by atoms with Gasteiger partial charge >= 0.3 is 6.18 Å². The smallest absolute Gasteiger partial charge is 0.384 e. The van der Waals surface area contributed by atoms with Gasteiger partial charge in [-0.15, -0.1) is 11.6 Å². The predicted molar refractivity (Wildman–Crippen MR) is 77.6 cm³/mol. The van der Waals surface area contributed by atoms with E-state index in [1.54, 1.807) is 13.3 Å². The fourth-order valence-electron chi connectivity index (χ4n) is 1.92. The normalized spacial score (nSPS) is 11.7. The van der Waals surface area contributed by atoms with Crippen molar-refractivity contribution in [3.63, 3.8) is 0 Å². The van der Waals surface area contributed by atoms with Crippen LogP contribution in [-0.4, -0.2) is 23.7 Å². The van der Waals surface area contributed by atoms with Gasteiger partial charge in [0.25, 0.3) is 0 Å². The van der Waals surface area contributed by atoms with Crippen molar-refractivity contribution in [2.75, 3.05) is 13.7 Å². The Morgan fingerprint density at radius 2 is 1.86 bits per heavy atom. The molecule has 2 rings (SSSR count). The summed E-state index contributed by atoms with van der Waals surface area (Å²) in [6.07, 6.45) is -2.20. The lowest BCUT2D eigenvalue weighted by atomic mass is 10.1. The van der Waals surface area contributed by atoms with Crippen LogP contribution in [0.2, 0.25) is 0 Å². The van der Waals surface area contributed by atoms with Gasteiger partial charge in [0.15, 0.2) is 5.82 Å². The number of hydrogen-bond donors (Lipinski definition) is 0. The molecule has 0 saturated heterocycles. The number of hydrogen-bond acceptors (Lipinski definition) is 3. The van der Waals surface area contributed by atoms with Crippen molar-refractivity contribution in [2.45, 2.75) is 18.5 Å². The first-order valence-corrected chi connectivity index (χ1v) is 7.06. The SMILES string of the molecule is COCCc1nc(-c2ccc(C(F)(F)F)cc2)ncc1CCl. The van der Waals surface area contributed by atoms with Gasteiger partial charge in [0.2, 0.25) is 0 Å². The summed E-state index contributed by atoms with van der Waals surface area (Å²) in [7, 11) is 1.58. The van der Waals surface area contributed by atoms with Crippen LogP contribution < -0.4 is 0 Å². The number of ether oxygens (including phenoxy) is 1. The third kappa shape index (κ3) is 3.96. The zero-order chi connectivity index (χ0) is 16.2. The van der Waals surface area contributed by atoms with Gasteiger partial charge in [-0.05, 0) is 12.1 Å². The fraction of sp³-hybridized carbons (Fsp3) is 0.333. The minimum atomic E-state index is -4.36. The first-order valence-electron chi connectivity index (χ1n) is 6.53. The predicted octanol–water partition coefficient (Wildman–Crippen LogP) is 4.09. The molecule has 2 aromatic rings. The highest BCUT2D eigenvalue weighted by atomic mass is 35.5. The van der Waals surface area contributed by atoms with E-state index in [9.17, 15) is 13.2 Å². The molecule has 3 nitrogen and oxygen atoms in total. The maximum absolute atomic E-state index is 12.6. The molecule has 0 aliphatic heterocycles. The van der Waals surface area contributed by atoms with E-state index in [0.29, 0.717) is 24.4 Å². The fourth-order valence-corrected chi connectivity index (χ4v) is 2.14. The van der Waals surface area contributed by atoms with E-state index in [1.807, 2.05) is 0 Å². The van der Waals surface area contributed by atoms with Gasteiger partial charge in [-0.1, -0.05) is 12.1 Å². The van der Waals surface area contributed by atoms with Gasteiger partial charge in [0, 0.05) is 30.9 Å². The molecule has 1 aromatic heterocycles. The zero-order valence-electron chi connectivity index (χ0n) is 11.8. The Kier molecular flexibility index (Phi) is 5.37. The molecule has 0 bridgehead atoms. The van der Waals surface area contributed by atoms with E-state index < -0.39 is 11.7 Å². The largest absolute Gasteiger partial charge is 0.416 e. The third-order valence-electron chi connectivity index (χ3n) is 3.11. The summed E-state index contributed by atoms with van der Waals surface area (Å²) in [5.74, 6) is 0.639. The Hall–Kier alpha value is -1.66. The van der Waals surface area contributed by atoms with Gasteiger partial charge in [-0.25, -0.2) is 9.97 Å². The Labute approximate surface area is 131 Å². The average Bonchev–Trinajstić information content (AvgIpc) is 2.52. The van der Waals surface area contributed by atoms with Gasteiger partial charge in [0.1, 0.15) is 0 Å². The van der Waals surface area contributed by atoms with E-state index in [4.69, 9.17) is 16.3 Å². The molecule has 0 atom stereocenters. The minimum absolute atomic E-state index is 0.270. The van der Waals surface area contributed by atoms with Crippen molar-refractivity contribution in [3.8, 4) is 11.4 Å². The maximum Gasteiger partial charge on any atom is 0.416 e. The van der Waals surface area contributed by atoms with Crippen LogP contribution in [0, 0.1) is 0 Å². The average molecular weight is 331 g/mol. The number of halogens is 4. The van der Waals surface area contributed by atoms with Crippen LogP contribution in [0.1, 0.15) is 16.8 Å². The molecular weight excluding hydrogens is 317 g/mol. The van der Waals surface area contributed by atoms with Crippen molar-refractivity contribution < 1.29 is 17.9 Å². The Morgan fingerprint density at radius 1 is 1.18 bits per heavy atom. The Balaban J connectivity index is 2.32. The van der Waals surface area contributed by atoms with Gasteiger partial charge in [0.05, 0.1) is 23.7 Å².